The lowest BCUT2D eigenvalue weighted by molar-refractivity contribution is -0.140. The number of benzene rings is 4. The number of anilines is 2. The number of fused-ring (bicyclic) bond motifs is 4. The lowest BCUT2D eigenvalue weighted by Crippen LogP contribution is -2.50. The molecule has 129 heavy (non-hydrogen) atoms. The molecule has 40 heteroatoms. The van der Waals surface area contributed by atoms with Crippen molar-refractivity contribution in [2.75, 3.05) is 166 Å². The molecule has 8 aromatic heterocycles. The Morgan fingerprint density at radius 3 is 1.25 bits per heavy atom. The second kappa shape index (κ2) is 41.7. The summed E-state index contributed by atoms with van der Waals surface area (Å²) in [7, 11) is -8.73. The van der Waals surface area contributed by atoms with E-state index in [1.54, 1.807) is 110 Å². The number of imidazole rings is 4. The zero-order valence-corrected chi connectivity index (χ0v) is 80.0. The van der Waals surface area contributed by atoms with Crippen molar-refractivity contribution in [3.05, 3.63) is 211 Å². The van der Waals surface area contributed by atoms with Gasteiger partial charge in [-0.2, -0.15) is 0 Å². The summed E-state index contributed by atoms with van der Waals surface area (Å²) in [4.78, 5) is 85.3. The number of hydrogen-bond acceptors (Lipinski definition) is 21. The van der Waals surface area contributed by atoms with Crippen LogP contribution in [0.4, 0.5) is 11.4 Å². The van der Waals surface area contributed by atoms with Gasteiger partial charge in [-0.25, -0.2) is 45.2 Å². The smallest absolute Gasteiger partial charge is 0.248 e. The van der Waals surface area contributed by atoms with Crippen molar-refractivity contribution in [2.45, 2.75) is 62.7 Å². The van der Waals surface area contributed by atoms with Crippen molar-refractivity contribution in [1.82, 2.24) is 76.7 Å². The van der Waals surface area contributed by atoms with Gasteiger partial charge in [-0.1, -0.05) is 93.9 Å². The number of pyridine rings is 4. The number of sulfone groups is 1. The average Bonchev–Trinajstić information content (AvgIpc) is 1.63. The first-order valence-electron chi connectivity index (χ1n) is 41.8. The Bertz CT molecular complexity index is 6490. The predicted molar refractivity (Wildman–Crippen MR) is 509 cm³/mol. The third-order valence-corrected chi connectivity index (χ3v) is 28.7. The summed E-state index contributed by atoms with van der Waals surface area (Å²) in [5, 5.41) is 12.5. The number of amides is 4. The van der Waals surface area contributed by atoms with Gasteiger partial charge >= 0.3 is 0 Å². The number of piperazine rings is 4. The van der Waals surface area contributed by atoms with Gasteiger partial charge in [0.1, 0.15) is 29.2 Å². The number of sulfonamides is 2. The average molecular weight is 1950 g/mol. The molecule has 0 radical (unpaired) electrons. The van der Waals surface area contributed by atoms with E-state index in [9.17, 15) is 44.4 Å². The van der Waals surface area contributed by atoms with Crippen LogP contribution in [0.3, 0.4) is 0 Å². The lowest BCUT2D eigenvalue weighted by Gasteiger charge is -2.37. The van der Waals surface area contributed by atoms with Crippen LogP contribution in [0.1, 0.15) is 49.5 Å². The van der Waals surface area contributed by atoms with E-state index in [-0.39, 0.29) is 34.4 Å². The van der Waals surface area contributed by atoms with Crippen LogP contribution in [0.15, 0.2) is 168 Å². The maximum absolute atomic E-state index is 13.0. The van der Waals surface area contributed by atoms with E-state index in [2.05, 4.69) is 53.3 Å². The molecular formula is C89H100Cl6N18O12S4. The Labute approximate surface area is 784 Å². The number of halogens is 6. The fourth-order valence-corrected chi connectivity index (χ4v) is 19.6. The fraction of sp³-hybridized carbons (Fsp3) is 0.371. The van der Waals surface area contributed by atoms with Crippen LogP contribution in [0, 0.1) is 5.92 Å². The molecule has 30 nitrogen and oxygen atoms in total. The number of carbonyl (C=O) groups excluding carboxylic acids is 4. The number of thioether (sulfide) groups is 1. The summed E-state index contributed by atoms with van der Waals surface area (Å²) in [6.45, 7) is 17.6. The Morgan fingerprint density at radius 2 is 0.837 bits per heavy atom. The number of aliphatic hydroxyl groups excluding tert-OH is 1. The molecule has 17 rings (SSSR count). The van der Waals surface area contributed by atoms with Crippen molar-refractivity contribution < 1.29 is 54.3 Å². The van der Waals surface area contributed by atoms with Gasteiger partial charge in [0.05, 0.1) is 84.4 Å². The molecule has 0 atom stereocenters. The third kappa shape index (κ3) is 23.7. The van der Waals surface area contributed by atoms with Crippen LogP contribution in [-0.2, 0) is 80.0 Å². The van der Waals surface area contributed by atoms with Crippen molar-refractivity contribution >= 4 is 169 Å². The molecule has 0 spiro atoms. The van der Waals surface area contributed by atoms with E-state index < -0.39 is 36.5 Å². The van der Waals surface area contributed by atoms with Gasteiger partial charge in [0.15, 0.2) is 9.84 Å². The maximum Gasteiger partial charge on any atom is 0.248 e. The van der Waals surface area contributed by atoms with Crippen LogP contribution in [0.25, 0.3) is 67.6 Å². The lowest BCUT2D eigenvalue weighted by atomic mass is 9.98. The van der Waals surface area contributed by atoms with E-state index in [0.717, 1.165) is 146 Å². The highest BCUT2D eigenvalue weighted by Gasteiger charge is 2.33. The summed E-state index contributed by atoms with van der Waals surface area (Å²) in [6, 6.07) is 40.3. The Balaban J connectivity index is 0.000000140. The summed E-state index contributed by atoms with van der Waals surface area (Å²) in [5.41, 5.74) is 14.3. The van der Waals surface area contributed by atoms with Crippen molar-refractivity contribution in [1.29, 1.82) is 0 Å². The molecular weight excluding hydrogens is 1850 g/mol. The van der Waals surface area contributed by atoms with Gasteiger partial charge in [-0.15, -0.1) is 11.8 Å². The minimum Gasteiger partial charge on any atom is -0.387 e. The minimum atomic E-state index is -3.44. The third-order valence-electron chi connectivity index (χ3n) is 23.5. The normalized spacial score (nSPS) is 16.1. The summed E-state index contributed by atoms with van der Waals surface area (Å²) in [5.74, 6) is 0.239. The molecule has 4 aromatic carbocycles. The van der Waals surface area contributed by atoms with E-state index in [0.29, 0.717) is 150 Å². The van der Waals surface area contributed by atoms with Gasteiger partial charge in [-0.05, 0) is 128 Å². The molecule has 5 fully saturated rings. The maximum atomic E-state index is 13.0. The monoisotopic (exact) mass is 1950 g/mol. The highest BCUT2D eigenvalue weighted by atomic mass is 35.5. The zero-order valence-electron chi connectivity index (χ0n) is 72.2. The van der Waals surface area contributed by atoms with Crippen LogP contribution < -0.4 is 9.03 Å². The second-order valence-electron chi connectivity index (χ2n) is 32.3. The van der Waals surface area contributed by atoms with Crippen LogP contribution in [-0.4, -0.2) is 287 Å². The zero-order chi connectivity index (χ0) is 91.9. The highest BCUT2D eigenvalue weighted by Crippen LogP contribution is 2.39. The van der Waals surface area contributed by atoms with Gasteiger partial charge in [0.2, 0.25) is 43.7 Å². The number of ether oxygens (including phenoxy) is 1. The van der Waals surface area contributed by atoms with Gasteiger partial charge < -0.3 is 38.2 Å². The SMILES string of the molecule is CC(=O)N1CCN(Cc2c(-c3ccc(Cl)cc3)nc3ccc(S(C)(=O)=O)cn23)CC1.CN(c1ccc2nc(-c3ccc(Cl)cc3Cl)c(CN3CCN(C(=O)CO)CC3)n2c1)S(C)(=O)=O.CS(=O)(=O)Nc1ccc2nc(-c3ccc(Cl)cc3Cl)c(CN3CCN(C(=O)C4CCOCC4)CC3)n2c1.CSc1ccc2nc(-c3ccc(Cl)cc3)c(CN3CCN(C(C)=O)CC3)n2c1. The first-order valence-corrected chi connectivity index (χ1v) is 50.9. The molecule has 0 unspecified atom stereocenters. The van der Waals surface area contributed by atoms with E-state index in [4.69, 9.17) is 99.4 Å². The fourth-order valence-electron chi connectivity index (χ4n) is 16.3. The molecule has 4 amide bonds. The molecule has 5 saturated heterocycles. The number of rotatable bonds is 20. The van der Waals surface area contributed by atoms with Crippen LogP contribution in [0.2, 0.25) is 30.1 Å². The van der Waals surface area contributed by atoms with Gasteiger partial charge in [0, 0.05) is 249 Å². The summed E-state index contributed by atoms with van der Waals surface area (Å²) < 4.78 is 89.0. The first kappa shape index (κ1) is 95.9. The molecule has 13 heterocycles. The van der Waals surface area contributed by atoms with Crippen molar-refractivity contribution in [3.8, 4) is 45.0 Å². The Kier molecular flexibility index (Phi) is 31.0. The van der Waals surface area contributed by atoms with Crippen molar-refractivity contribution in [2.24, 2.45) is 5.92 Å². The number of aromatic nitrogens is 8. The second-order valence-corrected chi connectivity index (χ2v) is 41.5. The minimum absolute atomic E-state index is 0.0542. The number of nitrogens with one attached hydrogen (secondary N) is 1. The highest BCUT2D eigenvalue weighted by molar-refractivity contribution is 7.98. The molecule has 12 aromatic rings. The van der Waals surface area contributed by atoms with Crippen molar-refractivity contribution in [3.63, 3.8) is 0 Å². The Hall–Kier alpha value is -9.18. The van der Waals surface area contributed by atoms with E-state index >= 15 is 0 Å². The summed E-state index contributed by atoms with van der Waals surface area (Å²) in [6.07, 6.45) is 14.4. The molecule has 0 aliphatic carbocycles. The van der Waals surface area contributed by atoms with E-state index in [1.165, 1.54) is 28.2 Å². The van der Waals surface area contributed by atoms with Crippen LogP contribution in [0.5, 0.6) is 0 Å². The topological polar surface area (TPSA) is 311 Å². The number of carbonyl (C=O) groups is 4. The molecule has 2 N–H and O–H groups in total. The largest absolute Gasteiger partial charge is 0.387 e. The standard InChI is InChI=1S/C25H29Cl2N5O4S.C22H25Cl2N5O4S.C21H23ClN4O3S.C21H23ClN4OS/c1-37(34,35)29-19-3-5-23-28-24(20-4-2-18(26)14-21(20)27)22(32(23)15-19)16-30-8-10-31(11-9-30)25(33)17-6-12-36-13-7-17;1-26(34(2,32)33)16-4-6-20-25-22(17-5-3-15(23)11-18(17)24)19(29(20)12-16)13-27-7-9-28(10-8-27)21(31)14-30;1-15(27)25-11-9-24(10-12-25)14-19-21(16-3-5-17(22)6-4-16)23-20-8-7-18(13-26(19)20)30(2,28)29;1-15(27)25-11-9-24(10-12-25)14-19-21(16-3-5-17(22)6-4-16)23-20-8-7-18(28-2)13-26(19)20/h2-5,14-15,17,29H,6-13,16H2,1H3;3-6,11-12,30H,7-10,13-14H2,1-2H3;3-8,13H,9-12,14H2,1-2H3;3-8,13H,9-12,14H2,1-2H3. The molecule has 0 saturated carbocycles. The number of hydrogen-bond donors (Lipinski definition) is 2. The molecule has 684 valence electrons. The number of nitrogens with zero attached hydrogens (tertiary/aromatic N) is 17. The van der Waals surface area contributed by atoms with Gasteiger partial charge in [0.25, 0.3) is 0 Å². The summed E-state index contributed by atoms with van der Waals surface area (Å²) >= 11 is 39.2. The quantitative estimate of drug-likeness (QED) is 0.0670. The van der Waals surface area contributed by atoms with E-state index in [1.807, 2.05) is 88.6 Å². The van der Waals surface area contributed by atoms with Crippen LogP contribution >= 0.6 is 81.4 Å². The first-order chi connectivity index (χ1) is 61.5. The Morgan fingerprint density at radius 1 is 0.457 bits per heavy atom. The molecule has 5 aliphatic rings. The number of aliphatic hydroxyl groups is 1. The molecule has 5 aliphatic heterocycles. The molecule has 0 bridgehead atoms. The predicted octanol–water partition coefficient (Wildman–Crippen LogP) is 12.9. The van der Waals surface area contributed by atoms with Gasteiger partial charge in [-0.3, -0.25) is 56.6 Å².